The van der Waals surface area contributed by atoms with Gasteiger partial charge in [0.2, 0.25) is 47.3 Å². The number of carbonyl (C=O) groups excluding carboxylic acids is 8. The fourth-order valence-electron chi connectivity index (χ4n) is 5.32. The van der Waals surface area contributed by atoms with E-state index in [0.29, 0.717) is 0 Å². The van der Waals surface area contributed by atoms with Crippen molar-refractivity contribution in [1.29, 1.82) is 0 Å². The average Bonchev–Trinajstić information content (AvgIpc) is 3.10. The molecule has 17 N–H and O–H groups in total. The molecule has 54 heavy (non-hydrogen) atoms. The first-order chi connectivity index (χ1) is 25.5. The number of hydrogen-bond acceptors (Lipinski definition) is 14. The van der Waals surface area contributed by atoms with Crippen molar-refractivity contribution in [3.05, 3.63) is 0 Å². The number of rotatable bonds is 13. The smallest absolute Gasteiger partial charge is 0.245 e. The van der Waals surface area contributed by atoms with Gasteiger partial charge in [0.05, 0.1) is 19.3 Å². The van der Waals surface area contributed by atoms with Crippen LogP contribution in [-0.2, 0) is 38.4 Å². The van der Waals surface area contributed by atoms with Crippen LogP contribution in [0, 0.1) is 5.92 Å². The third kappa shape index (κ3) is 16.3. The van der Waals surface area contributed by atoms with Crippen molar-refractivity contribution in [1.82, 2.24) is 47.9 Å². The molecule has 1 heterocycles. The Kier molecular flexibility index (Phi) is 21.8. The van der Waals surface area contributed by atoms with E-state index in [1.807, 2.05) is 0 Å². The van der Waals surface area contributed by atoms with E-state index in [4.69, 9.17) is 17.2 Å². The lowest BCUT2D eigenvalue weighted by Gasteiger charge is -2.27. The van der Waals surface area contributed by atoms with Gasteiger partial charge >= 0.3 is 0 Å². The number of aliphatic hydroxyl groups is 2. The number of likely N-dealkylation sites (N-methyl/N-ethyl adjacent to an activating group) is 1. The summed E-state index contributed by atoms with van der Waals surface area (Å²) in [6.45, 7) is 3.09. The molecule has 0 spiro atoms. The highest BCUT2D eigenvalue weighted by atomic mass is 16.3. The molecule has 8 amide bonds. The summed E-state index contributed by atoms with van der Waals surface area (Å²) in [5.74, 6) is -6.67. The zero-order valence-corrected chi connectivity index (χ0v) is 31.4. The van der Waals surface area contributed by atoms with Gasteiger partial charge in [-0.15, -0.1) is 0 Å². The fourth-order valence-corrected chi connectivity index (χ4v) is 5.32. The van der Waals surface area contributed by atoms with Gasteiger partial charge < -0.3 is 75.3 Å². The van der Waals surface area contributed by atoms with E-state index >= 15 is 0 Å². The molecule has 1 fully saturated rings. The van der Waals surface area contributed by atoms with Crippen molar-refractivity contribution in [3.8, 4) is 0 Å². The summed E-state index contributed by atoms with van der Waals surface area (Å²) in [6, 6.07) is -9.09. The summed E-state index contributed by atoms with van der Waals surface area (Å²) in [5, 5.41) is 42.4. The third-order valence-electron chi connectivity index (χ3n) is 8.32. The first kappa shape index (κ1) is 47.5. The minimum absolute atomic E-state index is 0.0494. The van der Waals surface area contributed by atoms with Gasteiger partial charge in [-0.3, -0.25) is 38.4 Å². The quantitative estimate of drug-likeness (QED) is 0.0827. The largest absolute Gasteiger partial charge is 0.394 e. The van der Waals surface area contributed by atoms with Gasteiger partial charge in [-0.25, -0.2) is 0 Å². The second-order valence-electron chi connectivity index (χ2n) is 13.3. The molecule has 0 radical (unpaired) electrons. The summed E-state index contributed by atoms with van der Waals surface area (Å²) in [7, 11) is 1.40. The molecule has 308 valence electrons. The minimum Gasteiger partial charge on any atom is -0.394 e. The summed E-state index contributed by atoms with van der Waals surface area (Å²) in [5.41, 5.74) is 17.1. The Labute approximate surface area is 314 Å². The number of hydrogen-bond donors (Lipinski definition) is 14. The molecule has 1 saturated heterocycles. The summed E-state index contributed by atoms with van der Waals surface area (Å²) < 4.78 is 0. The summed E-state index contributed by atoms with van der Waals surface area (Å²) in [4.78, 5) is 106. The molecule has 0 bridgehead atoms. The van der Waals surface area contributed by atoms with Crippen molar-refractivity contribution in [2.45, 2.75) is 101 Å². The Morgan fingerprint density at radius 1 is 0.722 bits per heavy atom. The molecule has 0 aliphatic carbocycles. The van der Waals surface area contributed by atoms with Crippen LogP contribution in [0.3, 0.4) is 0 Å². The SMILES string of the molecule is CN[C@H](CO)C(=O)N[C@H]1CCNC(=O)[C@H]([C@@H](C)O)NC(=O)[C@H](CCN)NC(=O)[C@H](CCN)NC(=O)[C@H](CC(C)C)NC(=O)CNC(=O)[C@H](CCN)NC1=O. The van der Waals surface area contributed by atoms with Gasteiger partial charge in [-0.2, -0.15) is 0 Å². The number of amides is 8. The standard InChI is InChI=1S/C32H60N12O10/c1-16(2)13-22-30(52)42-19(6-10-34)27(49)41-20(7-11-35)29(51)44-25(17(3)46)32(54)37-12-8-21(43-31(53)23(15-45)36-4)28(50)40-18(5-9-33)26(48)38-14-24(47)39-22/h16-23,25,36,45-46H,5-15,33-35H2,1-4H3,(H,37,54)(H,38,48)(H,39,47)(H,40,50)(H,41,49)(H,42,52)(H,43,53)(H,44,51)/t17-,18+,19+,20+,21+,22+,23-,25+/m1/s1. The van der Waals surface area contributed by atoms with Crippen molar-refractivity contribution in [2.75, 3.05) is 46.4 Å². The zero-order valence-electron chi connectivity index (χ0n) is 31.4. The van der Waals surface area contributed by atoms with Crippen LogP contribution < -0.4 is 65.1 Å². The molecule has 1 aliphatic rings. The molecule has 0 unspecified atom stereocenters. The van der Waals surface area contributed by atoms with Crippen molar-refractivity contribution < 1.29 is 48.6 Å². The van der Waals surface area contributed by atoms with E-state index in [1.165, 1.54) is 14.0 Å². The Morgan fingerprint density at radius 2 is 1.22 bits per heavy atom. The van der Waals surface area contributed by atoms with Crippen molar-refractivity contribution in [3.63, 3.8) is 0 Å². The highest BCUT2D eigenvalue weighted by Gasteiger charge is 2.34. The second-order valence-corrected chi connectivity index (χ2v) is 13.3. The first-order valence-corrected chi connectivity index (χ1v) is 18.0. The maximum absolute atomic E-state index is 13.5. The minimum atomic E-state index is -1.56. The summed E-state index contributed by atoms with van der Waals surface area (Å²) in [6.07, 6.45) is -1.83. The molecular weight excluding hydrogens is 712 g/mol. The topological polar surface area (TPSA) is 363 Å². The number of aliphatic hydroxyl groups excluding tert-OH is 2. The van der Waals surface area contributed by atoms with E-state index in [1.54, 1.807) is 13.8 Å². The highest BCUT2D eigenvalue weighted by molar-refractivity contribution is 5.97. The fraction of sp³-hybridized carbons (Fsp3) is 0.750. The van der Waals surface area contributed by atoms with E-state index in [9.17, 15) is 48.6 Å². The molecular formula is C32H60N12O10. The van der Waals surface area contributed by atoms with Gasteiger partial charge in [0.15, 0.2) is 0 Å². The van der Waals surface area contributed by atoms with Crippen LogP contribution in [-0.4, -0.2) is 152 Å². The van der Waals surface area contributed by atoms with E-state index in [-0.39, 0.29) is 64.2 Å². The molecule has 1 rings (SSSR count). The van der Waals surface area contributed by atoms with E-state index < -0.39 is 109 Å². The Hall–Kier alpha value is -4.48. The Balaban J connectivity index is 3.60. The third-order valence-corrected chi connectivity index (χ3v) is 8.32. The van der Waals surface area contributed by atoms with Crippen LogP contribution in [0.15, 0.2) is 0 Å². The second kappa shape index (κ2) is 24.8. The van der Waals surface area contributed by atoms with Crippen LogP contribution in [0.4, 0.5) is 0 Å². The normalized spacial score (nSPS) is 25.9. The molecule has 8 atom stereocenters. The van der Waals surface area contributed by atoms with Crippen LogP contribution in [0.5, 0.6) is 0 Å². The van der Waals surface area contributed by atoms with E-state index in [0.717, 1.165) is 0 Å². The number of carbonyl (C=O) groups is 8. The number of nitrogens with two attached hydrogens (primary N) is 3. The molecule has 22 heteroatoms. The summed E-state index contributed by atoms with van der Waals surface area (Å²) >= 11 is 0. The van der Waals surface area contributed by atoms with Crippen LogP contribution >= 0.6 is 0 Å². The lowest BCUT2D eigenvalue weighted by atomic mass is 10.0. The van der Waals surface area contributed by atoms with Crippen molar-refractivity contribution >= 4 is 47.3 Å². The van der Waals surface area contributed by atoms with Gasteiger partial charge in [-0.1, -0.05) is 13.8 Å². The van der Waals surface area contributed by atoms with Crippen molar-refractivity contribution in [2.24, 2.45) is 23.1 Å². The Morgan fingerprint density at radius 3 is 1.70 bits per heavy atom. The van der Waals surface area contributed by atoms with Crippen LogP contribution in [0.2, 0.25) is 0 Å². The highest BCUT2D eigenvalue weighted by Crippen LogP contribution is 2.07. The van der Waals surface area contributed by atoms with Crippen LogP contribution in [0.25, 0.3) is 0 Å². The maximum Gasteiger partial charge on any atom is 0.245 e. The van der Waals surface area contributed by atoms with Gasteiger partial charge in [0.1, 0.15) is 42.3 Å². The first-order valence-electron chi connectivity index (χ1n) is 18.0. The van der Waals surface area contributed by atoms with E-state index in [2.05, 4.69) is 47.9 Å². The molecule has 0 saturated carbocycles. The molecule has 22 nitrogen and oxygen atoms in total. The average molecular weight is 773 g/mol. The van der Waals surface area contributed by atoms with Gasteiger partial charge in [0.25, 0.3) is 0 Å². The Bertz CT molecular complexity index is 1280. The lowest BCUT2D eigenvalue weighted by molar-refractivity contribution is -0.135. The zero-order chi connectivity index (χ0) is 41.0. The predicted molar refractivity (Wildman–Crippen MR) is 194 cm³/mol. The predicted octanol–water partition coefficient (Wildman–Crippen LogP) is -7.42. The molecule has 1 aliphatic heterocycles. The number of nitrogens with one attached hydrogen (secondary N) is 9. The molecule has 0 aromatic rings. The maximum atomic E-state index is 13.5. The van der Waals surface area contributed by atoms with Gasteiger partial charge in [0, 0.05) is 6.54 Å². The molecule has 0 aromatic heterocycles. The lowest BCUT2D eigenvalue weighted by Crippen LogP contribution is -2.60. The van der Waals surface area contributed by atoms with Crippen LogP contribution in [0.1, 0.15) is 52.9 Å². The molecule has 0 aromatic carbocycles. The monoisotopic (exact) mass is 772 g/mol. The van der Waals surface area contributed by atoms with Gasteiger partial charge in [-0.05, 0) is 71.6 Å².